The van der Waals surface area contributed by atoms with Crippen molar-refractivity contribution in [2.45, 2.75) is 52.4 Å². The van der Waals surface area contributed by atoms with Crippen molar-refractivity contribution in [3.8, 4) is 11.5 Å². The monoisotopic (exact) mass is 356 g/mol. The zero-order valence-electron chi connectivity index (χ0n) is 14.8. The van der Waals surface area contributed by atoms with Gasteiger partial charge in [-0.3, -0.25) is 4.79 Å². The Hall–Kier alpha value is -1.56. The summed E-state index contributed by atoms with van der Waals surface area (Å²) >= 11 is 0. The summed E-state index contributed by atoms with van der Waals surface area (Å²) in [5, 5.41) is 10.0. The minimum absolute atomic E-state index is 0.0396. The van der Waals surface area contributed by atoms with Gasteiger partial charge in [0.2, 0.25) is 0 Å². The van der Waals surface area contributed by atoms with Crippen LogP contribution in [-0.4, -0.2) is 37.9 Å². The molecule has 0 bridgehead atoms. The Morgan fingerprint density at radius 1 is 1.12 bits per heavy atom. The van der Waals surface area contributed by atoms with E-state index in [1.165, 1.54) is 12.3 Å². The number of carbonyl (C=O) groups is 1. The zero-order chi connectivity index (χ0) is 18.2. The first-order valence-electron chi connectivity index (χ1n) is 8.48. The quantitative estimate of drug-likeness (QED) is 0.484. The normalized spacial score (nSPS) is 11.5. The van der Waals surface area contributed by atoms with Crippen LogP contribution in [0.5, 0.6) is 11.5 Å². The number of rotatable bonds is 11. The summed E-state index contributed by atoms with van der Waals surface area (Å²) in [5.74, 6) is 0.717. The molecule has 1 rings (SSSR count). The topological polar surface area (TPSA) is 80.7 Å². The van der Waals surface area contributed by atoms with Crippen molar-refractivity contribution in [3.63, 3.8) is 0 Å². The molecule has 6 heteroatoms. The van der Waals surface area contributed by atoms with Crippen molar-refractivity contribution in [2.24, 2.45) is 0 Å². The Bertz CT molecular complexity index is 650. The number of hydrogen-bond acceptors (Lipinski definition) is 5. The first-order valence-corrected chi connectivity index (χ1v) is 10.5. The van der Waals surface area contributed by atoms with Gasteiger partial charge in [0.1, 0.15) is 21.3 Å². The number of phenolic OH excluding ortho intramolecular Hbond substituents is 1. The van der Waals surface area contributed by atoms with Crippen molar-refractivity contribution in [1.82, 2.24) is 0 Å². The molecule has 0 aliphatic rings. The third-order valence-corrected chi connectivity index (χ3v) is 4.88. The van der Waals surface area contributed by atoms with E-state index in [9.17, 15) is 18.3 Å². The molecule has 0 unspecified atom stereocenters. The van der Waals surface area contributed by atoms with E-state index < -0.39 is 9.84 Å². The summed E-state index contributed by atoms with van der Waals surface area (Å²) in [6.45, 7) is 4.25. The SMILES string of the molecule is CCC(=O)c1cc(CC)c(OCCCCCCS(C)(=O)=O)cc1O. The lowest BCUT2D eigenvalue weighted by Crippen LogP contribution is -2.04. The van der Waals surface area contributed by atoms with E-state index in [1.807, 2.05) is 6.92 Å². The van der Waals surface area contributed by atoms with Crippen LogP contribution in [0.2, 0.25) is 0 Å². The minimum atomic E-state index is -2.87. The molecule has 1 aromatic rings. The Balaban J connectivity index is 2.50. The fraction of sp³-hybridized carbons (Fsp3) is 0.611. The van der Waals surface area contributed by atoms with Crippen LogP contribution >= 0.6 is 0 Å². The molecule has 0 saturated carbocycles. The van der Waals surface area contributed by atoms with Crippen LogP contribution < -0.4 is 4.74 Å². The molecule has 0 spiro atoms. The molecule has 0 aliphatic heterocycles. The third kappa shape index (κ3) is 6.91. The minimum Gasteiger partial charge on any atom is -0.507 e. The van der Waals surface area contributed by atoms with Gasteiger partial charge in [0, 0.05) is 24.5 Å². The van der Waals surface area contributed by atoms with E-state index in [1.54, 1.807) is 13.0 Å². The molecule has 0 aliphatic carbocycles. The summed E-state index contributed by atoms with van der Waals surface area (Å²) < 4.78 is 27.8. The molecular weight excluding hydrogens is 328 g/mol. The largest absolute Gasteiger partial charge is 0.507 e. The van der Waals surface area contributed by atoms with Crippen LogP contribution in [0.1, 0.15) is 61.9 Å². The lowest BCUT2D eigenvalue weighted by molar-refractivity contribution is 0.0985. The van der Waals surface area contributed by atoms with Gasteiger partial charge in [-0.1, -0.05) is 26.7 Å². The van der Waals surface area contributed by atoms with Gasteiger partial charge in [-0.05, 0) is 30.9 Å². The Morgan fingerprint density at radius 2 is 1.79 bits per heavy atom. The summed E-state index contributed by atoms with van der Waals surface area (Å²) in [6.07, 6.45) is 5.57. The molecule has 1 aromatic carbocycles. The number of phenols is 1. The van der Waals surface area contributed by atoms with E-state index in [-0.39, 0.29) is 17.3 Å². The average molecular weight is 356 g/mol. The van der Waals surface area contributed by atoms with E-state index in [4.69, 9.17) is 4.74 Å². The second-order valence-corrected chi connectivity index (χ2v) is 8.26. The van der Waals surface area contributed by atoms with Crippen molar-refractivity contribution in [3.05, 3.63) is 23.3 Å². The fourth-order valence-electron chi connectivity index (χ4n) is 2.44. The molecule has 0 radical (unpaired) electrons. The number of sulfone groups is 1. The van der Waals surface area contributed by atoms with Crippen molar-refractivity contribution in [1.29, 1.82) is 0 Å². The summed E-state index contributed by atoms with van der Waals surface area (Å²) in [4.78, 5) is 11.8. The lowest BCUT2D eigenvalue weighted by atomic mass is 10.0. The highest BCUT2D eigenvalue weighted by Gasteiger charge is 2.14. The first kappa shape index (κ1) is 20.5. The Kier molecular flexibility index (Phi) is 8.25. The van der Waals surface area contributed by atoms with Crippen LogP contribution in [0.4, 0.5) is 0 Å². The molecule has 0 heterocycles. The second-order valence-electron chi connectivity index (χ2n) is 6.00. The van der Waals surface area contributed by atoms with Crippen molar-refractivity contribution in [2.75, 3.05) is 18.6 Å². The first-order chi connectivity index (χ1) is 11.3. The molecule has 1 N–H and O–H groups in total. The van der Waals surface area contributed by atoms with Crippen LogP contribution in [0, 0.1) is 0 Å². The maximum atomic E-state index is 11.8. The Morgan fingerprint density at radius 3 is 2.38 bits per heavy atom. The van der Waals surface area contributed by atoms with Gasteiger partial charge in [0.05, 0.1) is 12.2 Å². The van der Waals surface area contributed by atoms with Crippen molar-refractivity contribution < 1.29 is 23.1 Å². The summed E-state index contributed by atoms with van der Waals surface area (Å²) in [7, 11) is -2.87. The number of carbonyl (C=O) groups excluding carboxylic acids is 1. The molecule has 0 amide bonds. The maximum Gasteiger partial charge on any atom is 0.166 e. The average Bonchev–Trinajstić information content (AvgIpc) is 2.52. The highest BCUT2D eigenvalue weighted by atomic mass is 32.2. The number of ketones is 1. The van der Waals surface area contributed by atoms with Gasteiger partial charge in [-0.15, -0.1) is 0 Å². The molecule has 0 fully saturated rings. The van der Waals surface area contributed by atoms with Gasteiger partial charge < -0.3 is 9.84 Å². The Labute approximate surface area is 145 Å². The van der Waals surface area contributed by atoms with Crippen LogP contribution in [0.15, 0.2) is 12.1 Å². The molecule has 5 nitrogen and oxygen atoms in total. The van der Waals surface area contributed by atoms with Crippen LogP contribution in [0.3, 0.4) is 0 Å². The van der Waals surface area contributed by atoms with Gasteiger partial charge in [0.15, 0.2) is 5.78 Å². The van der Waals surface area contributed by atoms with E-state index in [0.29, 0.717) is 37.2 Å². The molecular formula is C18H28O5S. The number of aryl methyl sites for hydroxylation is 1. The molecule has 24 heavy (non-hydrogen) atoms. The van der Waals surface area contributed by atoms with E-state index >= 15 is 0 Å². The summed E-state index contributed by atoms with van der Waals surface area (Å²) in [5.41, 5.74) is 1.25. The van der Waals surface area contributed by atoms with E-state index in [2.05, 4.69) is 0 Å². The lowest BCUT2D eigenvalue weighted by Gasteiger charge is -2.13. The smallest absolute Gasteiger partial charge is 0.166 e. The standard InChI is InChI=1S/C18H28O5S/c1-4-14-12-15(16(19)5-2)17(20)13-18(14)23-10-8-6-7-9-11-24(3,21)22/h12-13,20H,4-11H2,1-3H3. The van der Waals surface area contributed by atoms with Crippen LogP contribution in [0.25, 0.3) is 0 Å². The predicted molar refractivity (Wildman–Crippen MR) is 95.8 cm³/mol. The highest BCUT2D eigenvalue weighted by Crippen LogP contribution is 2.30. The number of aromatic hydroxyl groups is 1. The molecule has 0 aromatic heterocycles. The van der Waals surface area contributed by atoms with Gasteiger partial charge in [-0.2, -0.15) is 0 Å². The maximum absolute atomic E-state index is 11.8. The fourth-order valence-corrected chi connectivity index (χ4v) is 3.17. The predicted octanol–water partition coefficient (Wildman–Crippen LogP) is 3.53. The second kappa shape index (κ2) is 9.67. The van der Waals surface area contributed by atoms with Crippen LogP contribution in [-0.2, 0) is 16.3 Å². The third-order valence-electron chi connectivity index (χ3n) is 3.85. The van der Waals surface area contributed by atoms with Gasteiger partial charge in [-0.25, -0.2) is 8.42 Å². The number of hydrogen-bond donors (Lipinski definition) is 1. The van der Waals surface area contributed by atoms with E-state index in [0.717, 1.165) is 24.8 Å². The molecule has 0 saturated heterocycles. The molecule has 136 valence electrons. The number of benzene rings is 1. The number of unbranched alkanes of at least 4 members (excludes halogenated alkanes) is 3. The highest BCUT2D eigenvalue weighted by molar-refractivity contribution is 7.90. The zero-order valence-corrected chi connectivity index (χ0v) is 15.6. The number of Topliss-reactive ketones (excluding diaryl/α,β-unsaturated/α-hetero) is 1. The summed E-state index contributed by atoms with van der Waals surface area (Å²) in [6, 6.07) is 3.23. The van der Waals surface area contributed by atoms with Gasteiger partial charge >= 0.3 is 0 Å². The molecule has 0 atom stereocenters. The number of ether oxygens (including phenoxy) is 1. The van der Waals surface area contributed by atoms with Gasteiger partial charge in [0.25, 0.3) is 0 Å². The van der Waals surface area contributed by atoms with Crippen molar-refractivity contribution >= 4 is 15.6 Å².